The first-order valence-electron chi connectivity index (χ1n) is 10.6. The van der Waals surface area contributed by atoms with Crippen LogP contribution in [-0.4, -0.2) is 16.7 Å². The van der Waals surface area contributed by atoms with E-state index in [0.717, 1.165) is 30.5 Å². The van der Waals surface area contributed by atoms with Crippen molar-refractivity contribution in [3.63, 3.8) is 0 Å². The number of aryl methyl sites for hydroxylation is 1. The van der Waals surface area contributed by atoms with Gasteiger partial charge in [0, 0.05) is 29.2 Å². The largest absolute Gasteiger partial charge is 0.347 e. The summed E-state index contributed by atoms with van der Waals surface area (Å²) in [6.45, 7) is 6.91. The summed E-state index contributed by atoms with van der Waals surface area (Å²) in [5, 5.41) is 5.61. The molecule has 28 heavy (non-hydrogen) atoms. The second-order valence-electron chi connectivity index (χ2n) is 10.7. The number of para-hydroxylation sites is 1. The average molecular weight is 378 g/mol. The molecule has 4 aliphatic carbocycles. The molecule has 0 aliphatic heterocycles. The van der Waals surface area contributed by atoms with Crippen molar-refractivity contribution < 1.29 is 4.79 Å². The first kappa shape index (κ1) is 18.0. The van der Waals surface area contributed by atoms with E-state index in [1.54, 1.807) is 0 Å². The third-order valence-electron chi connectivity index (χ3n) is 7.92. The average Bonchev–Trinajstić information content (AvgIpc) is 2.84. The van der Waals surface area contributed by atoms with Crippen LogP contribution in [0.25, 0.3) is 10.9 Å². The lowest BCUT2D eigenvalue weighted by molar-refractivity contribution is -0.170. The van der Waals surface area contributed by atoms with E-state index in [0.29, 0.717) is 16.7 Å². The molecule has 2 atom stereocenters. The van der Waals surface area contributed by atoms with E-state index in [-0.39, 0.29) is 11.3 Å². The van der Waals surface area contributed by atoms with E-state index in [9.17, 15) is 4.79 Å². The van der Waals surface area contributed by atoms with Gasteiger partial charge in [-0.25, -0.2) is 5.43 Å². The topological polar surface area (TPSA) is 46.4 Å². The minimum absolute atomic E-state index is 0.142. The van der Waals surface area contributed by atoms with Gasteiger partial charge < -0.3 is 4.57 Å². The van der Waals surface area contributed by atoms with Gasteiger partial charge in [0.05, 0.1) is 11.6 Å². The Labute approximate surface area is 167 Å². The van der Waals surface area contributed by atoms with Crippen molar-refractivity contribution in [2.45, 2.75) is 59.3 Å². The van der Waals surface area contributed by atoms with Gasteiger partial charge >= 0.3 is 0 Å². The van der Waals surface area contributed by atoms with Crippen molar-refractivity contribution in [2.75, 3.05) is 0 Å². The number of benzene rings is 1. The van der Waals surface area contributed by atoms with E-state index < -0.39 is 0 Å². The van der Waals surface area contributed by atoms with Crippen LogP contribution >= 0.6 is 0 Å². The van der Waals surface area contributed by atoms with Crippen LogP contribution in [0.5, 0.6) is 0 Å². The molecule has 4 aliphatic rings. The van der Waals surface area contributed by atoms with E-state index in [2.05, 4.69) is 67.2 Å². The highest BCUT2D eigenvalue weighted by Gasteiger charge is 2.62. The molecule has 1 amide bonds. The predicted molar refractivity (Wildman–Crippen MR) is 113 cm³/mol. The zero-order valence-corrected chi connectivity index (χ0v) is 17.5. The van der Waals surface area contributed by atoms with Crippen LogP contribution in [0.2, 0.25) is 0 Å². The highest BCUT2D eigenvalue weighted by molar-refractivity contribution is 6.01. The Bertz CT molecular complexity index is 983. The molecule has 4 bridgehead atoms. The molecule has 0 saturated heterocycles. The molecular formula is C24H31N3O. The molecule has 148 valence electrons. The van der Waals surface area contributed by atoms with Crippen LogP contribution in [0.4, 0.5) is 0 Å². The number of hydrazone groups is 1. The van der Waals surface area contributed by atoms with Gasteiger partial charge in [0.1, 0.15) is 0 Å². The van der Waals surface area contributed by atoms with Crippen molar-refractivity contribution in [3.8, 4) is 0 Å². The van der Waals surface area contributed by atoms with Crippen LogP contribution in [-0.2, 0) is 11.8 Å². The Kier molecular flexibility index (Phi) is 3.66. The molecule has 4 nitrogen and oxygen atoms in total. The zero-order chi connectivity index (χ0) is 19.7. The van der Waals surface area contributed by atoms with Crippen molar-refractivity contribution in [2.24, 2.45) is 34.3 Å². The minimum atomic E-state index is -0.214. The summed E-state index contributed by atoms with van der Waals surface area (Å²) in [5.74, 6) is 0.851. The monoisotopic (exact) mass is 377 g/mol. The molecule has 1 aromatic heterocycles. The van der Waals surface area contributed by atoms with E-state index in [1.807, 2.05) is 6.21 Å². The molecule has 1 heterocycles. The zero-order valence-electron chi connectivity index (χ0n) is 17.5. The normalized spacial score (nSPS) is 36.5. The van der Waals surface area contributed by atoms with Crippen LogP contribution < -0.4 is 5.43 Å². The molecule has 6 rings (SSSR count). The predicted octanol–water partition coefficient (Wildman–Crippen LogP) is 4.93. The summed E-state index contributed by atoms with van der Waals surface area (Å²) in [6.07, 6.45) is 8.82. The quantitative estimate of drug-likeness (QED) is 0.598. The van der Waals surface area contributed by atoms with Gasteiger partial charge in [0.2, 0.25) is 5.91 Å². The minimum Gasteiger partial charge on any atom is -0.347 e. The summed E-state index contributed by atoms with van der Waals surface area (Å²) in [7, 11) is 2.07. The maximum Gasteiger partial charge on any atom is 0.246 e. The van der Waals surface area contributed by atoms with E-state index in [1.165, 1.54) is 30.2 Å². The Morgan fingerprint density at radius 2 is 1.82 bits per heavy atom. The third-order valence-corrected chi connectivity index (χ3v) is 7.92. The van der Waals surface area contributed by atoms with Crippen molar-refractivity contribution in [1.29, 1.82) is 0 Å². The first-order valence-corrected chi connectivity index (χ1v) is 10.6. The van der Waals surface area contributed by atoms with Gasteiger partial charge in [-0.3, -0.25) is 4.79 Å². The number of aromatic nitrogens is 1. The smallest absolute Gasteiger partial charge is 0.246 e. The lowest BCUT2D eigenvalue weighted by atomic mass is 9.40. The Balaban J connectivity index is 1.40. The summed E-state index contributed by atoms with van der Waals surface area (Å²) >= 11 is 0. The number of hydrogen-bond donors (Lipinski definition) is 1. The number of carbonyl (C=O) groups is 1. The van der Waals surface area contributed by atoms with Gasteiger partial charge in [-0.1, -0.05) is 32.0 Å². The maximum atomic E-state index is 13.3. The molecule has 4 fully saturated rings. The molecular weight excluding hydrogens is 346 g/mol. The number of fused-ring (bicyclic) bond motifs is 1. The third kappa shape index (κ3) is 2.57. The lowest BCUT2D eigenvalue weighted by Gasteiger charge is -2.64. The molecule has 4 saturated carbocycles. The number of nitrogens with one attached hydrogen (secondary N) is 1. The van der Waals surface area contributed by atoms with Crippen molar-refractivity contribution in [1.82, 2.24) is 9.99 Å². The second kappa shape index (κ2) is 5.71. The van der Waals surface area contributed by atoms with Gasteiger partial charge in [-0.2, -0.15) is 5.10 Å². The molecule has 2 unspecified atom stereocenters. The van der Waals surface area contributed by atoms with E-state index in [4.69, 9.17) is 0 Å². The van der Waals surface area contributed by atoms with Crippen molar-refractivity contribution >= 4 is 23.0 Å². The fraction of sp³-hybridized carbons (Fsp3) is 0.583. The van der Waals surface area contributed by atoms with Crippen molar-refractivity contribution in [3.05, 3.63) is 35.5 Å². The fourth-order valence-corrected chi connectivity index (χ4v) is 7.69. The molecule has 4 heteroatoms. The highest BCUT2D eigenvalue weighted by atomic mass is 16.2. The summed E-state index contributed by atoms with van der Waals surface area (Å²) < 4.78 is 2.18. The second-order valence-corrected chi connectivity index (χ2v) is 10.7. The number of carbonyl (C=O) groups excluding carboxylic acids is 1. The number of hydrogen-bond acceptors (Lipinski definition) is 2. The van der Waals surface area contributed by atoms with Crippen LogP contribution in [0, 0.1) is 29.1 Å². The molecule has 2 aromatic rings. The van der Waals surface area contributed by atoms with Gasteiger partial charge in [-0.15, -0.1) is 0 Å². The summed E-state index contributed by atoms with van der Waals surface area (Å²) in [4.78, 5) is 13.3. The number of nitrogens with zero attached hydrogens (tertiary/aromatic N) is 2. The maximum absolute atomic E-state index is 13.3. The van der Waals surface area contributed by atoms with Gasteiger partial charge in [0.25, 0.3) is 0 Å². The van der Waals surface area contributed by atoms with Gasteiger partial charge in [-0.05, 0) is 68.3 Å². The Morgan fingerprint density at radius 3 is 2.50 bits per heavy atom. The van der Waals surface area contributed by atoms with Crippen LogP contribution in [0.15, 0.2) is 29.4 Å². The molecule has 0 spiro atoms. The van der Waals surface area contributed by atoms with Crippen LogP contribution in [0.3, 0.4) is 0 Å². The fourth-order valence-electron chi connectivity index (χ4n) is 7.69. The molecule has 1 aromatic carbocycles. The standard InChI is InChI=1S/C24H31N3O/c1-16-19(18-7-5-6-8-20(18)27(16)4)12-25-26-21(28)24-11-17-9-22(2,14-24)13-23(3,10-17)15-24/h5-8,12,17H,9-11,13-15H2,1-4H3,(H,26,28)/b25-12+. The Hall–Kier alpha value is -2.10. The van der Waals surface area contributed by atoms with E-state index >= 15 is 0 Å². The SMILES string of the molecule is Cc1c(/C=N/NC(=O)C23CC4CC(C)(CC(C)(C4)C2)C3)c2ccccc2n1C. The summed E-state index contributed by atoms with van der Waals surface area (Å²) in [5.41, 5.74) is 6.84. The molecule has 0 radical (unpaired) electrons. The first-order chi connectivity index (χ1) is 13.2. The Morgan fingerprint density at radius 1 is 1.14 bits per heavy atom. The number of amides is 1. The summed E-state index contributed by atoms with van der Waals surface area (Å²) in [6, 6.07) is 8.34. The van der Waals surface area contributed by atoms with Gasteiger partial charge in [0.15, 0.2) is 0 Å². The lowest BCUT2D eigenvalue weighted by Crippen LogP contribution is -2.59. The number of rotatable bonds is 3. The molecule has 1 N–H and O–H groups in total. The van der Waals surface area contributed by atoms with Crippen LogP contribution in [0.1, 0.15) is 63.6 Å². The highest BCUT2D eigenvalue weighted by Crippen LogP contribution is 2.69.